The summed E-state index contributed by atoms with van der Waals surface area (Å²) in [6.45, 7) is 0. The third kappa shape index (κ3) is 2.18. The molecule has 0 bridgehead atoms. The molecule has 0 aromatic heterocycles. The highest BCUT2D eigenvalue weighted by molar-refractivity contribution is 7.88. The molecule has 0 N–H and O–H groups in total. The van der Waals surface area contributed by atoms with Crippen molar-refractivity contribution in [3.63, 3.8) is 0 Å². The molecule has 3 aromatic carbocycles. The molecule has 1 spiro atoms. The summed E-state index contributed by atoms with van der Waals surface area (Å²) in [5.74, 6) is -0.303. The summed E-state index contributed by atoms with van der Waals surface area (Å²) < 4.78 is 65.8. The van der Waals surface area contributed by atoms with Crippen LogP contribution in [-0.4, -0.2) is 13.9 Å². The van der Waals surface area contributed by atoms with E-state index in [1.54, 1.807) is 18.2 Å². The Morgan fingerprint density at radius 3 is 2.26 bits per heavy atom. The highest BCUT2D eigenvalue weighted by atomic mass is 32.2. The van der Waals surface area contributed by atoms with E-state index in [1.165, 1.54) is 11.6 Å². The summed E-state index contributed by atoms with van der Waals surface area (Å²) in [5, 5.41) is 1.14. The van der Waals surface area contributed by atoms with E-state index in [4.69, 9.17) is 0 Å². The van der Waals surface area contributed by atoms with Gasteiger partial charge in [-0.25, -0.2) is 0 Å². The predicted octanol–water partition coefficient (Wildman–Crippen LogP) is 5.13. The number of alkyl halides is 3. The maximum atomic E-state index is 12.8. The zero-order chi connectivity index (χ0) is 19.0. The molecule has 5 rings (SSSR count). The molecule has 27 heavy (non-hydrogen) atoms. The van der Waals surface area contributed by atoms with Crippen molar-refractivity contribution in [2.75, 3.05) is 0 Å². The summed E-state index contributed by atoms with van der Waals surface area (Å²) in [6.07, 6.45) is 1.91. The average molecular weight is 390 g/mol. The lowest BCUT2D eigenvalue weighted by atomic mass is 9.74. The second kappa shape index (κ2) is 5.04. The second-order valence-electron chi connectivity index (χ2n) is 6.95. The molecule has 0 atom stereocenters. The van der Waals surface area contributed by atoms with Crippen LogP contribution >= 0.6 is 0 Å². The summed E-state index contributed by atoms with van der Waals surface area (Å²) in [4.78, 5) is 0. The van der Waals surface area contributed by atoms with Crippen molar-refractivity contribution in [1.82, 2.24) is 0 Å². The van der Waals surface area contributed by atoms with Gasteiger partial charge < -0.3 is 4.18 Å². The summed E-state index contributed by atoms with van der Waals surface area (Å²) in [5.41, 5.74) is -1.48. The van der Waals surface area contributed by atoms with Crippen LogP contribution in [0.15, 0.2) is 54.6 Å². The monoisotopic (exact) mass is 390 g/mol. The molecular weight excluding hydrogens is 377 g/mol. The number of fused-ring (bicyclic) bond motifs is 4. The van der Waals surface area contributed by atoms with Crippen LogP contribution < -0.4 is 4.18 Å². The number of hydrogen-bond donors (Lipinski definition) is 0. The lowest BCUT2D eigenvalue weighted by Gasteiger charge is -2.29. The van der Waals surface area contributed by atoms with Crippen LogP contribution in [0.1, 0.15) is 24.0 Å². The molecule has 2 aliphatic rings. The van der Waals surface area contributed by atoms with Crippen LogP contribution in [0.3, 0.4) is 0 Å². The van der Waals surface area contributed by atoms with Crippen molar-refractivity contribution in [2.45, 2.75) is 23.8 Å². The molecule has 138 valence electrons. The maximum Gasteiger partial charge on any atom is 0.534 e. The van der Waals surface area contributed by atoms with Crippen molar-refractivity contribution in [1.29, 1.82) is 0 Å². The van der Waals surface area contributed by atoms with Gasteiger partial charge in [0, 0.05) is 10.8 Å². The Morgan fingerprint density at radius 2 is 1.56 bits per heavy atom. The van der Waals surface area contributed by atoms with E-state index in [0.29, 0.717) is 5.39 Å². The van der Waals surface area contributed by atoms with E-state index in [-0.39, 0.29) is 11.2 Å². The van der Waals surface area contributed by atoms with Crippen molar-refractivity contribution in [3.8, 4) is 16.9 Å². The van der Waals surface area contributed by atoms with Crippen molar-refractivity contribution < 1.29 is 25.8 Å². The average Bonchev–Trinajstić information content (AvgIpc) is 3.41. The maximum absolute atomic E-state index is 12.8. The minimum absolute atomic E-state index is 0.148. The van der Waals surface area contributed by atoms with Crippen molar-refractivity contribution >= 4 is 20.9 Å². The van der Waals surface area contributed by atoms with Gasteiger partial charge in [0.1, 0.15) is 0 Å². The molecule has 0 amide bonds. The Balaban J connectivity index is 1.80. The molecule has 3 aromatic rings. The summed E-state index contributed by atoms with van der Waals surface area (Å²) >= 11 is 0. The molecule has 3 nitrogen and oxygen atoms in total. The van der Waals surface area contributed by atoms with Crippen LogP contribution in [0.5, 0.6) is 5.75 Å². The number of rotatable bonds is 2. The van der Waals surface area contributed by atoms with Gasteiger partial charge in [-0.3, -0.25) is 0 Å². The first-order chi connectivity index (χ1) is 12.7. The number of hydrogen-bond acceptors (Lipinski definition) is 3. The predicted molar refractivity (Wildman–Crippen MR) is 95.0 cm³/mol. The Hall–Kier alpha value is -2.54. The van der Waals surface area contributed by atoms with Gasteiger partial charge in [-0.15, -0.1) is 0 Å². The molecule has 0 saturated heterocycles. The fourth-order valence-electron chi connectivity index (χ4n) is 4.19. The lowest BCUT2D eigenvalue weighted by Crippen LogP contribution is -2.28. The van der Waals surface area contributed by atoms with E-state index >= 15 is 0 Å². The molecule has 7 heteroatoms. The van der Waals surface area contributed by atoms with E-state index in [9.17, 15) is 21.6 Å². The van der Waals surface area contributed by atoms with Gasteiger partial charge in [0.25, 0.3) is 0 Å². The highest BCUT2D eigenvalue weighted by Gasteiger charge is 2.51. The fourth-order valence-corrected chi connectivity index (χ4v) is 4.66. The molecule has 0 aliphatic heterocycles. The molecule has 0 radical (unpaired) electrons. The van der Waals surface area contributed by atoms with Crippen LogP contribution in [0.4, 0.5) is 13.2 Å². The fraction of sp³-hybridized carbons (Fsp3) is 0.200. The van der Waals surface area contributed by atoms with Gasteiger partial charge in [-0.05, 0) is 52.6 Å². The molecule has 1 fully saturated rings. The number of benzene rings is 3. The van der Waals surface area contributed by atoms with Gasteiger partial charge in [0.05, 0.1) is 0 Å². The van der Waals surface area contributed by atoms with Gasteiger partial charge in [0.15, 0.2) is 5.75 Å². The second-order valence-corrected chi connectivity index (χ2v) is 8.49. The summed E-state index contributed by atoms with van der Waals surface area (Å²) in [6, 6.07) is 16.2. The smallest absolute Gasteiger partial charge is 0.375 e. The first-order valence-corrected chi connectivity index (χ1v) is 9.82. The molecular formula is C20H13F3O3S. The minimum atomic E-state index is -5.73. The highest BCUT2D eigenvalue weighted by Crippen LogP contribution is 2.61. The van der Waals surface area contributed by atoms with E-state index in [0.717, 1.165) is 34.9 Å². The van der Waals surface area contributed by atoms with Crippen LogP contribution in [-0.2, 0) is 15.5 Å². The summed E-state index contributed by atoms with van der Waals surface area (Å²) in [7, 11) is -5.73. The van der Waals surface area contributed by atoms with Crippen molar-refractivity contribution in [2.24, 2.45) is 0 Å². The Kier molecular flexibility index (Phi) is 3.10. The van der Waals surface area contributed by atoms with Crippen molar-refractivity contribution in [3.05, 3.63) is 65.7 Å². The van der Waals surface area contributed by atoms with Crippen LogP contribution in [0, 0.1) is 0 Å². The zero-order valence-corrected chi connectivity index (χ0v) is 14.7. The van der Waals surface area contributed by atoms with Gasteiger partial charge in [-0.1, -0.05) is 42.5 Å². The van der Waals surface area contributed by atoms with E-state index < -0.39 is 15.6 Å². The molecule has 0 unspecified atom stereocenters. The van der Waals surface area contributed by atoms with Crippen LogP contribution in [0.2, 0.25) is 0 Å². The first-order valence-electron chi connectivity index (χ1n) is 8.41. The van der Waals surface area contributed by atoms with E-state index in [2.05, 4.69) is 10.2 Å². The Bertz CT molecular complexity index is 1210. The van der Waals surface area contributed by atoms with Gasteiger partial charge in [-0.2, -0.15) is 21.6 Å². The normalized spacial score (nSPS) is 17.0. The standard InChI is InChI=1S/C20H13F3O3S/c21-20(22,23)27(24,25)26-17-9-8-13-12-4-1-2-6-15(12)19(10-11-19)16-7-3-5-14(17)18(13)16/h1-9H,10-11H2. The Morgan fingerprint density at radius 1 is 0.852 bits per heavy atom. The quantitative estimate of drug-likeness (QED) is 0.450. The molecule has 1 saturated carbocycles. The third-order valence-corrected chi connectivity index (χ3v) is 6.45. The van der Waals surface area contributed by atoms with Crippen LogP contribution in [0.25, 0.3) is 21.9 Å². The number of halogens is 3. The Labute approximate surface area is 153 Å². The zero-order valence-electron chi connectivity index (χ0n) is 13.9. The van der Waals surface area contributed by atoms with Gasteiger partial charge in [0.2, 0.25) is 0 Å². The SMILES string of the molecule is O=S(=O)(Oc1ccc2c3c(cccc13)C1(CC1)c1ccccc1-2)C(F)(F)F. The molecule has 2 aliphatic carbocycles. The molecule has 0 heterocycles. The largest absolute Gasteiger partial charge is 0.534 e. The third-order valence-electron chi connectivity index (χ3n) is 5.48. The van der Waals surface area contributed by atoms with Gasteiger partial charge >= 0.3 is 15.6 Å². The van der Waals surface area contributed by atoms with E-state index in [1.807, 2.05) is 24.3 Å². The lowest BCUT2D eigenvalue weighted by molar-refractivity contribution is -0.0499. The topological polar surface area (TPSA) is 43.4 Å². The first kappa shape index (κ1) is 16.6. The minimum Gasteiger partial charge on any atom is -0.375 e.